The quantitative estimate of drug-likeness (QED) is 0.413. The lowest BCUT2D eigenvalue weighted by Gasteiger charge is -2.29. The highest BCUT2D eigenvalue weighted by Gasteiger charge is 2.34. The second-order valence-electron chi connectivity index (χ2n) is 4.13. The van der Waals surface area contributed by atoms with Crippen LogP contribution in [0.3, 0.4) is 0 Å². The van der Waals surface area contributed by atoms with Gasteiger partial charge in [0.15, 0.2) is 0 Å². The Kier molecular flexibility index (Phi) is 5.64. The van der Waals surface area contributed by atoms with Gasteiger partial charge < -0.3 is 4.43 Å². The van der Waals surface area contributed by atoms with Crippen molar-refractivity contribution in [3.63, 3.8) is 0 Å². The first-order valence-electron chi connectivity index (χ1n) is 6.15. The molecule has 0 amide bonds. The molecule has 0 radical (unpaired) electrons. The molecular weight excluding hydrogens is 236 g/mol. The highest BCUT2D eigenvalue weighted by atomic mass is 28.4. The molecule has 0 saturated heterocycles. The Bertz CT molecular complexity index is 429. The smallest absolute Gasteiger partial charge is 0.231 e. The van der Waals surface area contributed by atoms with Gasteiger partial charge in [-0.2, -0.15) is 0 Å². The van der Waals surface area contributed by atoms with Crippen LogP contribution in [-0.4, -0.2) is 14.9 Å². The predicted molar refractivity (Wildman–Crippen MR) is 81.4 cm³/mol. The third kappa shape index (κ3) is 3.22. The predicted octanol–water partition coefficient (Wildman–Crippen LogP) is 3.23. The Labute approximate surface area is 111 Å². The van der Waals surface area contributed by atoms with Gasteiger partial charge >= 0.3 is 0 Å². The van der Waals surface area contributed by atoms with Gasteiger partial charge in [-0.05, 0) is 36.3 Å². The topological polar surface area (TPSA) is 9.23 Å². The van der Waals surface area contributed by atoms with E-state index < -0.39 is 8.32 Å². The number of hydrogen-bond acceptors (Lipinski definition) is 1. The first-order valence-corrected chi connectivity index (χ1v) is 8.47. The summed E-state index contributed by atoms with van der Waals surface area (Å²) in [7, 11) is -2.01. The van der Waals surface area contributed by atoms with Crippen LogP contribution in [0.1, 0.15) is 12.5 Å². The zero-order chi connectivity index (χ0) is 13.4. The van der Waals surface area contributed by atoms with Gasteiger partial charge in [0.2, 0.25) is 8.32 Å². The molecule has 0 aliphatic carbocycles. The van der Waals surface area contributed by atoms with Crippen molar-refractivity contribution in [2.75, 3.05) is 6.61 Å². The van der Waals surface area contributed by atoms with Crippen molar-refractivity contribution in [2.24, 2.45) is 0 Å². The zero-order valence-corrected chi connectivity index (χ0v) is 12.0. The molecule has 0 atom stereocenters. The summed E-state index contributed by atoms with van der Waals surface area (Å²) in [6, 6.07) is 9.91. The second-order valence-corrected chi connectivity index (χ2v) is 7.81. The maximum absolute atomic E-state index is 6.11. The summed E-state index contributed by atoms with van der Waals surface area (Å²) in [6.45, 7) is 10.5. The molecular formula is C16H20OSi. The van der Waals surface area contributed by atoms with E-state index in [2.05, 4.69) is 31.2 Å². The average molecular weight is 256 g/mol. The SMILES string of the molecule is C#Cc1ccc([Si](CC=C)(CC=C)OCC)cc1. The molecule has 18 heavy (non-hydrogen) atoms. The van der Waals surface area contributed by atoms with E-state index in [4.69, 9.17) is 10.8 Å². The van der Waals surface area contributed by atoms with Crippen LogP contribution in [-0.2, 0) is 4.43 Å². The van der Waals surface area contributed by atoms with Gasteiger partial charge in [-0.25, -0.2) is 0 Å². The van der Waals surface area contributed by atoms with Crippen LogP contribution in [0, 0.1) is 12.3 Å². The summed E-state index contributed by atoms with van der Waals surface area (Å²) in [4.78, 5) is 0. The minimum atomic E-state index is -2.01. The first kappa shape index (κ1) is 14.5. The molecule has 0 unspecified atom stereocenters. The van der Waals surface area contributed by atoms with Gasteiger partial charge in [0.25, 0.3) is 0 Å². The van der Waals surface area contributed by atoms with Crippen molar-refractivity contribution in [3.8, 4) is 12.3 Å². The van der Waals surface area contributed by atoms with Gasteiger partial charge in [0.1, 0.15) is 0 Å². The lowest BCUT2D eigenvalue weighted by molar-refractivity contribution is 0.333. The maximum Gasteiger partial charge on any atom is 0.231 e. The van der Waals surface area contributed by atoms with Gasteiger partial charge in [-0.15, -0.1) is 19.6 Å². The Morgan fingerprint density at radius 3 is 2.17 bits per heavy atom. The Morgan fingerprint density at radius 2 is 1.78 bits per heavy atom. The molecule has 0 aliphatic heterocycles. The number of rotatable bonds is 7. The molecule has 1 aromatic rings. The Hall–Kier alpha value is -1.56. The van der Waals surface area contributed by atoms with Crippen LogP contribution in [0.15, 0.2) is 49.6 Å². The molecule has 1 nitrogen and oxygen atoms in total. The molecule has 0 fully saturated rings. The molecule has 1 aromatic carbocycles. The summed E-state index contributed by atoms with van der Waals surface area (Å²) in [5.41, 5.74) is 0.898. The van der Waals surface area contributed by atoms with Crippen LogP contribution >= 0.6 is 0 Å². The minimum absolute atomic E-state index is 0.713. The second kappa shape index (κ2) is 7.00. The molecule has 0 aliphatic rings. The van der Waals surface area contributed by atoms with E-state index in [1.54, 1.807) is 0 Å². The van der Waals surface area contributed by atoms with Gasteiger partial charge in [-0.3, -0.25) is 0 Å². The van der Waals surface area contributed by atoms with E-state index in [-0.39, 0.29) is 0 Å². The summed E-state index contributed by atoms with van der Waals surface area (Å²) >= 11 is 0. The molecule has 0 spiro atoms. The van der Waals surface area contributed by atoms with Crippen molar-refractivity contribution in [2.45, 2.75) is 19.0 Å². The third-order valence-corrected chi connectivity index (χ3v) is 7.07. The van der Waals surface area contributed by atoms with E-state index in [1.165, 1.54) is 5.19 Å². The van der Waals surface area contributed by atoms with Crippen molar-refractivity contribution in [3.05, 3.63) is 55.1 Å². The molecule has 0 N–H and O–H groups in total. The van der Waals surface area contributed by atoms with Crippen molar-refractivity contribution >= 4 is 13.5 Å². The normalized spacial score (nSPS) is 10.7. The maximum atomic E-state index is 6.11. The summed E-state index contributed by atoms with van der Waals surface area (Å²) in [5.74, 6) is 2.64. The van der Waals surface area contributed by atoms with Crippen LogP contribution < -0.4 is 5.19 Å². The third-order valence-electron chi connectivity index (χ3n) is 2.95. The minimum Gasteiger partial charge on any atom is -0.412 e. The lowest BCUT2D eigenvalue weighted by atomic mass is 10.2. The molecule has 0 bridgehead atoms. The molecule has 0 heterocycles. The van der Waals surface area contributed by atoms with Crippen LogP contribution in [0.5, 0.6) is 0 Å². The molecule has 2 heteroatoms. The van der Waals surface area contributed by atoms with Gasteiger partial charge in [0.05, 0.1) is 0 Å². The average Bonchev–Trinajstić information content (AvgIpc) is 2.39. The van der Waals surface area contributed by atoms with Crippen molar-refractivity contribution < 1.29 is 4.43 Å². The standard InChI is InChI=1S/C16H20OSi/c1-5-13-18(14-6-2,17-8-4)16-11-9-15(7-3)10-12-16/h3,5-6,9-12H,1-2,8,13-14H2,4H3. The molecule has 0 saturated carbocycles. The largest absolute Gasteiger partial charge is 0.412 e. The summed E-state index contributed by atoms with van der Waals surface area (Å²) in [5, 5.41) is 1.25. The fourth-order valence-electron chi connectivity index (χ4n) is 2.13. The van der Waals surface area contributed by atoms with E-state index in [0.29, 0.717) is 6.61 Å². The van der Waals surface area contributed by atoms with E-state index in [1.807, 2.05) is 31.2 Å². The number of allylic oxidation sites excluding steroid dienone is 2. The number of hydrogen-bond donors (Lipinski definition) is 0. The van der Waals surface area contributed by atoms with E-state index in [0.717, 1.165) is 17.7 Å². The van der Waals surface area contributed by atoms with Gasteiger partial charge in [0, 0.05) is 12.2 Å². The molecule has 94 valence electrons. The van der Waals surface area contributed by atoms with Crippen molar-refractivity contribution in [1.29, 1.82) is 0 Å². The number of benzene rings is 1. The lowest BCUT2D eigenvalue weighted by Crippen LogP contribution is -2.50. The Balaban J connectivity index is 3.16. The highest BCUT2D eigenvalue weighted by molar-refractivity contribution is 6.87. The monoisotopic (exact) mass is 256 g/mol. The van der Waals surface area contributed by atoms with Crippen LogP contribution in [0.25, 0.3) is 0 Å². The summed E-state index contributed by atoms with van der Waals surface area (Å²) in [6.07, 6.45) is 9.27. The van der Waals surface area contributed by atoms with Crippen LogP contribution in [0.4, 0.5) is 0 Å². The molecule has 0 aromatic heterocycles. The fourth-order valence-corrected chi connectivity index (χ4v) is 5.43. The Morgan fingerprint density at radius 1 is 1.22 bits per heavy atom. The zero-order valence-electron chi connectivity index (χ0n) is 11.0. The fraction of sp³-hybridized carbons (Fsp3) is 0.250. The van der Waals surface area contributed by atoms with E-state index >= 15 is 0 Å². The highest BCUT2D eigenvalue weighted by Crippen LogP contribution is 2.19. The number of terminal acetylenes is 1. The van der Waals surface area contributed by atoms with Gasteiger partial charge in [-0.1, -0.05) is 30.2 Å². The van der Waals surface area contributed by atoms with E-state index in [9.17, 15) is 0 Å². The molecule has 1 rings (SSSR count). The van der Waals surface area contributed by atoms with Crippen molar-refractivity contribution in [1.82, 2.24) is 0 Å². The van der Waals surface area contributed by atoms with Crippen LogP contribution in [0.2, 0.25) is 12.1 Å². The summed E-state index contributed by atoms with van der Waals surface area (Å²) < 4.78 is 6.11. The first-order chi connectivity index (χ1) is 8.72.